The van der Waals surface area contributed by atoms with Gasteiger partial charge in [0.25, 0.3) is 0 Å². The monoisotopic (exact) mass is 308 g/mol. The predicted octanol–water partition coefficient (Wildman–Crippen LogP) is 2.68. The van der Waals surface area contributed by atoms with Crippen LogP contribution in [0.1, 0.15) is 18.4 Å². The molecule has 3 rings (SSSR count). The number of benzene rings is 1. The third-order valence-electron chi connectivity index (χ3n) is 3.36. The Labute approximate surface area is 122 Å². The van der Waals surface area contributed by atoms with E-state index in [0.717, 1.165) is 18.4 Å². The highest BCUT2D eigenvalue weighted by Gasteiger charge is 2.38. The van der Waals surface area contributed by atoms with Crippen LogP contribution in [-0.4, -0.2) is 18.8 Å². The normalized spacial score (nSPS) is 15.7. The third-order valence-corrected chi connectivity index (χ3v) is 6.00. The van der Waals surface area contributed by atoms with Crippen molar-refractivity contribution in [3.63, 3.8) is 0 Å². The Morgan fingerprint density at radius 1 is 1.20 bits per heavy atom. The molecule has 0 aliphatic heterocycles. The van der Waals surface area contributed by atoms with Crippen molar-refractivity contribution in [2.75, 3.05) is 5.73 Å². The maximum absolute atomic E-state index is 12.7. The molecule has 0 radical (unpaired) electrons. The zero-order valence-electron chi connectivity index (χ0n) is 10.9. The molecule has 0 spiro atoms. The fraction of sp³-hybridized carbons (Fsp3) is 0.286. The number of sulfonamides is 1. The van der Waals surface area contributed by atoms with Crippen LogP contribution >= 0.6 is 11.3 Å². The van der Waals surface area contributed by atoms with E-state index >= 15 is 0 Å². The minimum atomic E-state index is -3.45. The standard InChI is InChI=1S/C14H16N2O2S2/c15-12-1-5-14(6-2-12)20(17,18)16(13-3-4-13)9-11-7-8-19-10-11/h1-2,5-8,10,13H,3-4,9,15H2. The molecule has 0 bridgehead atoms. The Balaban J connectivity index is 1.91. The summed E-state index contributed by atoms with van der Waals surface area (Å²) in [6, 6.07) is 8.52. The van der Waals surface area contributed by atoms with Crippen molar-refractivity contribution in [2.24, 2.45) is 0 Å². The third kappa shape index (κ3) is 2.72. The molecule has 0 unspecified atom stereocenters. The first-order chi connectivity index (χ1) is 9.57. The molecule has 1 aromatic carbocycles. The van der Waals surface area contributed by atoms with Crippen LogP contribution in [0, 0.1) is 0 Å². The summed E-state index contributed by atoms with van der Waals surface area (Å²) in [6.45, 7) is 0.445. The zero-order chi connectivity index (χ0) is 14.2. The van der Waals surface area contributed by atoms with Crippen LogP contribution in [0.25, 0.3) is 0 Å². The molecular formula is C14H16N2O2S2. The molecule has 2 N–H and O–H groups in total. The molecule has 1 aliphatic rings. The van der Waals surface area contributed by atoms with E-state index in [-0.39, 0.29) is 6.04 Å². The van der Waals surface area contributed by atoms with Crippen LogP contribution in [0.3, 0.4) is 0 Å². The number of rotatable bonds is 5. The highest BCUT2D eigenvalue weighted by atomic mass is 32.2. The maximum Gasteiger partial charge on any atom is 0.243 e. The zero-order valence-corrected chi connectivity index (χ0v) is 12.5. The lowest BCUT2D eigenvalue weighted by molar-refractivity contribution is 0.399. The topological polar surface area (TPSA) is 63.4 Å². The van der Waals surface area contributed by atoms with Gasteiger partial charge in [-0.1, -0.05) is 0 Å². The van der Waals surface area contributed by atoms with E-state index in [1.54, 1.807) is 39.9 Å². The van der Waals surface area contributed by atoms with Gasteiger partial charge in [0, 0.05) is 18.3 Å². The summed E-state index contributed by atoms with van der Waals surface area (Å²) in [4.78, 5) is 0.314. The van der Waals surface area contributed by atoms with Gasteiger partial charge < -0.3 is 5.73 Å². The smallest absolute Gasteiger partial charge is 0.243 e. The lowest BCUT2D eigenvalue weighted by Crippen LogP contribution is -2.32. The second-order valence-electron chi connectivity index (χ2n) is 4.98. The van der Waals surface area contributed by atoms with Gasteiger partial charge in [0.15, 0.2) is 0 Å². The van der Waals surface area contributed by atoms with Crippen LogP contribution in [0.2, 0.25) is 0 Å². The maximum atomic E-state index is 12.7. The quantitative estimate of drug-likeness (QED) is 0.864. The molecule has 4 nitrogen and oxygen atoms in total. The van der Waals surface area contributed by atoms with Crippen molar-refractivity contribution in [3.8, 4) is 0 Å². The molecule has 2 aromatic rings. The van der Waals surface area contributed by atoms with Crippen molar-refractivity contribution in [1.82, 2.24) is 4.31 Å². The highest BCUT2D eigenvalue weighted by Crippen LogP contribution is 2.33. The number of thiophene rings is 1. The first kappa shape index (κ1) is 13.6. The van der Waals surface area contributed by atoms with Gasteiger partial charge in [-0.25, -0.2) is 8.42 Å². The Kier molecular flexibility index (Phi) is 3.54. The van der Waals surface area contributed by atoms with Crippen molar-refractivity contribution < 1.29 is 8.42 Å². The minimum Gasteiger partial charge on any atom is -0.399 e. The largest absolute Gasteiger partial charge is 0.399 e. The van der Waals surface area contributed by atoms with Crippen molar-refractivity contribution in [1.29, 1.82) is 0 Å². The van der Waals surface area contributed by atoms with E-state index in [0.29, 0.717) is 17.1 Å². The average Bonchev–Trinajstić information content (AvgIpc) is 3.12. The summed E-state index contributed by atoms with van der Waals surface area (Å²) in [5.74, 6) is 0. The molecular weight excluding hydrogens is 292 g/mol. The summed E-state index contributed by atoms with van der Waals surface area (Å²) in [6.07, 6.45) is 1.89. The van der Waals surface area contributed by atoms with Crippen molar-refractivity contribution in [3.05, 3.63) is 46.7 Å². The molecule has 1 fully saturated rings. The van der Waals surface area contributed by atoms with Crippen molar-refractivity contribution >= 4 is 27.0 Å². The predicted molar refractivity (Wildman–Crippen MR) is 80.9 cm³/mol. The van der Waals surface area contributed by atoms with Crippen LogP contribution in [-0.2, 0) is 16.6 Å². The van der Waals surface area contributed by atoms with Crippen LogP contribution < -0.4 is 5.73 Å². The van der Waals surface area contributed by atoms with E-state index in [1.807, 2.05) is 16.8 Å². The van der Waals surface area contributed by atoms with E-state index in [4.69, 9.17) is 5.73 Å². The number of nitrogens with zero attached hydrogens (tertiary/aromatic N) is 1. The van der Waals surface area contributed by atoms with Gasteiger partial charge >= 0.3 is 0 Å². The second kappa shape index (κ2) is 5.20. The van der Waals surface area contributed by atoms with E-state index in [2.05, 4.69) is 0 Å². The van der Waals surface area contributed by atoms with Gasteiger partial charge in [-0.2, -0.15) is 15.6 Å². The molecule has 1 saturated carbocycles. The molecule has 1 aromatic heterocycles. The molecule has 0 atom stereocenters. The molecule has 1 aliphatic carbocycles. The molecule has 20 heavy (non-hydrogen) atoms. The van der Waals surface area contributed by atoms with Crippen LogP contribution in [0.4, 0.5) is 5.69 Å². The molecule has 0 saturated heterocycles. The number of hydrogen-bond donors (Lipinski definition) is 1. The minimum absolute atomic E-state index is 0.137. The second-order valence-corrected chi connectivity index (χ2v) is 7.65. The SMILES string of the molecule is Nc1ccc(S(=O)(=O)N(Cc2ccsc2)C2CC2)cc1. The fourth-order valence-electron chi connectivity index (χ4n) is 2.11. The Morgan fingerprint density at radius 2 is 1.90 bits per heavy atom. The van der Waals surface area contributed by atoms with Crippen molar-refractivity contribution in [2.45, 2.75) is 30.3 Å². The Morgan fingerprint density at radius 3 is 2.45 bits per heavy atom. The van der Waals surface area contributed by atoms with E-state index in [9.17, 15) is 8.42 Å². The summed E-state index contributed by atoms with van der Waals surface area (Å²) in [5, 5.41) is 3.96. The summed E-state index contributed by atoms with van der Waals surface area (Å²) < 4.78 is 27.1. The van der Waals surface area contributed by atoms with E-state index in [1.165, 1.54) is 0 Å². The summed E-state index contributed by atoms with van der Waals surface area (Å²) in [5.41, 5.74) is 7.23. The number of nitrogens with two attached hydrogens (primary N) is 1. The number of hydrogen-bond acceptors (Lipinski definition) is 4. The average molecular weight is 308 g/mol. The highest BCUT2D eigenvalue weighted by molar-refractivity contribution is 7.89. The number of anilines is 1. The van der Waals surface area contributed by atoms with Gasteiger partial charge in [-0.3, -0.25) is 0 Å². The lowest BCUT2D eigenvalue weighted by atomic mass is 10.3. The lowest BCUT2D eigenvalue weighted by Gasteiger charge is -2.21. The molecule has 6 heteroatoms. The molecule has 1 heterocycles. The number of nitrogen functional groups attached to an aromatic ring is 1. The van der Waals surface area contributed by atoms with Crippen LogP contribution in [0.5, 0.6) is 0 Å². The van der Waals surface area contributed by atoms with E-state index < -0.39 is 10.0 Å². The first-order valence-corrected chi connectivity index (χ1v) is 8.84. The molecule has 0 amide bonds. The summed E-state index contributed by atoms with van der Waals surface area (Å²) in [7, 11) is -3.45. The van der Waals surface area contributed by atoms with Gasteiger partial charge in [-0.15, -0.1) is 0 Å². The Bertz CT molecular complexity index is 674. The fourth-order valence-corrected chi connectivity index (χ4v) is 4.44. The Hall–Kier alpha value is -1.37. The van der Waals surface area contributed by atoms with Gasteiger partial charge in [0.1, 0.15) is 0 Å². The van der Waals surface area contributed by atoms with Gasteiger partial charge in [0.05, 0.1) is 4.90 Å². The van der Waals surface area contributed by atoms with Gasteiger partial charge in [0.2, 0.25) is 10.0 Å². The summed E-state index contributed by atoms with van der Waals surface area (Å²) >= 11 is 1.58. The molecule has 106 valence electrons. The van der Waals surface area contributed by atoms with Crippen LogP contribution in [0.15, 0.2) is 46.0 Å². The first-order valence-electron chi connectivity index (χ1n) is 6.46. The van der Waals surface area contributed by atoms with Gasteiger partial charge in [-0.05, 0) is 59.5 Å².